The van der Waals surface area contributed by atoms with Gasteiger partial charge in [-0.05, 0) is 31.6 Å². The Bertz CT molecular complexity index is 1420. The Morgan fingerprint density at radius 2 is 1.68 bits per heavy atom. The number of fused-ring (bicyclic) bond motifs is 5. The van der Waals surface area contributed by atoms with E-state index in [1.54, 1.807) is 39.0 Å². The zero-order chi connectivity index (χ0) is 32.6. The Balaban J connectivity index is 1.88. The number of ketones is 1. The van der Waals surface area contributed by atoms with Crippen LogP contribution in [0.4, 0.5) is 4.79 Å². The van der Waals surface area contributed by atoms with Crippen LogP contribution in [0.5, 0.6) is 0 Å². The largest absolute Gasteiger partial charge is 0.508 e. The van der Waals surface area contributed by atoms with Gasteiger partial charge in [-0.3, -0.25) is 9.59 Å². The van der Waals surface area contributed by atoms with Crippen molar-refractivity contribution >= 4 is 23.9 Å². The molecule has 12 heteroatoms. The number of Topliss-reactive ketones (excluding diaryl/α,β-unsaturated/α-hetero) is 1. The van der Waals surface area contributed by atoms with Crippen molar-refractivity contribution in [2.45, 2.75) is 89.5 Å². The number of allylic oxidation sites excluding steroid dienone is 1. The molecule has 1 heterocycles. The molecule has 9 atom stereocenters. The van der Waals surface area contributed by atoms with Crippen LogP contribution >= 0.6 is 0 Å². The van der Waals surface area contributed by atoms with Crippen LogP contribution in [0.15, 0.2) is 41.7 Å². The van der Waals surface area contributed by atoms with E-state index >= 15 is 0 Å². The van der Waals surface area contributed by atoms with E-state index in [2.05, 4.69) is 0 Å². The molecule has 240 valence electrons. The van der Waals surface area contributed by atoms with Gasteiger partial charge in [0.25, 0.3) is 0 Å². The van der Waals surface area contributed by atoms with Crippen LogP contribution in [0.1, 0.15) is 64.7 Å². The molecule has 1 aromatic rings. The molecule has 3 N–H and O–H groups in total. The third kappa shape index (κ3) is 4.33. The molecular formula is C32H40O12. The number of rotatable bonds is 4. The molecule has 12 nitrogen and oxygen atoms in total. The third-order valence-corrected chi connectivity index (χ3v) is 10.7. The Kier molecular flexibility index (Phi) is 7.56. The molecule has 0 amide bonds. The Morgan fingerprint density at radius 1 is 1.05 bits per heavy atom. The van der Waals surface area contributed by atoms with Gasteiger partial charge in [-0.15, -0.1) is 0 Å². The van der Waals surface area contributed by atoms with E-state index in [1.165, 1.54) is 26.0 Å². The number of esters is 2. The molecule has 2 saturated carbocycles. The highest BCUT2D eigenvalue weighted by Gasteiger charge is 2.78. The van der Waals surface area contributed by atoms with Crippen LogP contribution in [0.2, 0.25) is 0 Å². The van der Waals surface area contributed by atoms with E-state index < -0.39 is 87.4 Å². The van der Waals surface area contributed by atoms with Crippen LogP contribution in [-0.2, 0) is 33.3 Å². The lowest BCUT2D eigenvalue weighted by Gasteiger charge is -2.67. The maximum absolute atomic E-state index is 14.9. The smallest absolute Gasteiger partial charge is 0.455 e. The molecule has 2 bridgehead atoms. The van der Waals surface area contributed by atoms with Crippen molar-refractivity contribution in [1.82, 2.24) is 0 Å². The quantitative estimate of drug-likeness (QED) is 0.333. The topological polar surface area (TPSA) is 175 Å². The van der Waals surface area contributed by atoms with Gasteiger partial charge >= 0.3 is 18.1 Å². The maximum atomic E-state index is 14.9. The van der Waals surface area contributed by atoms with E-state index in [-0.39, 0.29) is 30.6 Å². The van der Waals surface area contributed by atoms with E-state index in [0.29, 0.717) is 0 Å². The molecule has 3 aliphatic carbocycles. The minimum atomic E-state index is -2.19. The summed E-state index contributed by atoms with van der Waals surface area (Å²) in [6, 6.07) is 7.99. The summed E-state index contributed by atoms with van der Waals surface area (Å²) in [5.74, 6) is -5.26. The van der Waals surface area contributed by atoms with E-state index in [4.69, 9.17) is 23.7 Å². The molecule has 1 aliphatic heterocycles. The first-order valence-electron chi connectivity index (χ1n) is 14.6. The SMILES string of the molecule is COC(=O)O[C@@]12CO[C@@H]1C[C@@H](O)[C@@]1(C)C(=O)C(OC(C)=O)=C3C(C)[C@](C)(O)C[C@@](O)([C@@H](OC(=O)c4ccccc4)C12)C3(C)C. The standard InChI is InChI=1S/C32H40O12/c1-16-21-22(42-17(2)33)24(35)30(6)19(34)13-20-31(15-41-20,44-27(37)40-7)23(30)25(43-26(36)18-11-9-8-10-12-18)32(39,28(21,3)4)14-29(16,5)38/h8-12,16,19-20,23,25,34,38-39H,13-15H2,1-7H3/t16?,19-,20-,23?,25+,29-,30-,31+,32-/m1/s1. The number of hydrogen-bond donors (Lipinski definition) is 3. The van der Waals surface area contributed by atoms with Gasteiger partial charge < -0.3 is 39.0 Å². The van der Waals surface area contributed by atoms with Crippen molar-refractivity contribution in [1.29, 1.82) is 0 Å². The van der Waals surface area contributed by atoms with Crippen molar-refractivity contribution in [2.75, 3.05) is 13.7 Å². The van der Waals surface area contributed by atoms with Crippen LogP contribution in [0.25, 0.3) is 0 Å². The highest BCUT2D eigenvalue weighted by molar-refractivity contribution is 6.02. The molecule has 0 radical (unpaired) electrons. The number of carbonyl (C=O) groups excluding carboxylic acids is 4. The second-order valence-corrected chi connectivity index (χ2v) is 13.5. The lowest BCUT2D eigenvalue weighted by Crippen LogP contribution is -2.81. The van der Waals surface area contributed by atoms with Gasteiger partial charge in [0, 0.05) is 31.1 Å². The predicted molar refractivity (Wildman–Crippen MR) is 151 cm³/mol. The molecular weight excluding hydrogens is 576 g/mol. The summed E-state index contributed by atoms with van der Waals surface area (Å²) >= 11 is 0. The van der Waals surface area contributed by atoms with Gasteiger partial charge in [0.05, 0.1) is 42.3 Å². The summed E-state index contributed by atoms with van der Waals surface area (Å²) in [6.45, 7) is 8.58. The van der Waals surface area contributed by atoms with Crippen molar-refractivity contribution in [3.8, 4) is 0 Å². The molecule has 4 aliphatic rings. The first kappa shape index (κ1) is 32.1. The van der Waals surface area contributed by atoms with Crippen molar-refractivity contribution < 1.29 is 58.2 Å². The van der Waals surface area contributed by atoms with Gasteiger partial charge in [0.2, 0.25) is 5.78 Å². The van der Waals surface area contributed by atoms with Crippen LogP contribution in [-0.4, -0.2) is 88.0 Å². The van der Waals surface area contributed by atoms with Crippen molar-refractivity contribution in [3.05, 3.63) is 47.2 Å². The Morgan fingerprint density at radius 3 is 2.23 bits per heavy atom. The highest BCUT2D eigenvalue weighted by atomic mass is 16.8. The lowest BCUT2D eigenvalue weighted by atomic mass is 9.43. The van der Waals surface area contributed by atoms with E-state index in [1.807, 2.05) is 0 Å². The molecule has 1 saturated heterocycles. The van der Waals surface area contributed by atoms with Gasteiger partial charge in [0.1, 0.15) is 17.8 Å². The number of aliphatic hydroxyl groups excluding tert-OH is 1. The fourth-order valence-electron chi connectivity index (χ4n) is 8.06. The number of hydrogen-bond acceptors (Lipinski definition) is 12. The lowest BCUT2D eigenvalue weighted by molar-refractivity contribution is -0.345. The van der Waals surface area contributed by atoms with Crippen LogP contribution < -0.4 is 0 Å². The number of benzene rings is 1. The molecule has 2 unspecified atom stereocenters. The second-order valence-electron chi connectivity index (χ2n) is 13.5. The first-order valence-corrected chi connectivity index (χ1v) is 14.6. The normalized spacial score (nSPS) is 40.7. The highest BCUT2D eigenvalue weighted by Crippen LogP contribution is 2.65. The second kappa shape index (κ2) is 10.4. The van der Waals surface area contributed by atoms with E-state index in [9.17, 15) is 34.5 Å². The summed E-state index contributed by atoms with van der Waals surface area (Å²) in [6.07, 6.45) is -5.81. The summed E-state index contributed by atoms with van der Waals surface area (Å²) in [4.78, 5) is 54.0. The fraction of sp³-hybridized carbons (Fsp3) is 0.625. The predicted octanol–water partition coefficient (Wildman–Crippen LogP) is 2.47. The Hall–Kier alpha value is -3.32. The van der Waals surface area contributed by atoms with E-state index in [0.717, 1.165) is 14.0 Å². The van der Waals surface area contributed by atoms with Gasteiger partial charge in [-0.25, -0.2) is 9.59 Å². The van der Waals surface area contributed by atoms with Gasteiger partial charge in [-0.2, -0.15) is 0 Å². The Labute approximate surface area is 255 Å². The molecule has 44 heavy (non-hydrogen) atoms. The third-order valence-electron chi connectivity index (χ3n) is 10.7. The summed E-state index contributed by atoms with van der Waals surface area (Å²) < 4.78 is 28.3. The van der Waals surface area contributed by atoms with Crippen molar-refractivity contribution in [3.63, 3.8) is 0 Å². The zero-order valence-electron chi connectivity index (χ0n) is 25.9. The average molecular weight is 617 g/mol. The summed E-state index contributed by atoms with van der Waals surface area (Å²) in [5.41, 5.74) is -8.85. The molecule has 5 rings (SSSR count). The van der Waals surface area contributed by atoms with Crippen molar-refractivity contribution in [2.24, 2.45) is 22.7 Å². The summed E-state index contributed by atoms with van der Waals surface area (Å²) in [5, 5.41) is 36.6. The number of carbonyl (C=O) groups is 4. The molecule has 1 aromatic carbocycles. The van der Waals surface area contributed by atoms with Crippen LogP contribution in [0, 0.1) is 22.7 Å². The summed E-state index contributed by atoms with van der Waals surface area (Å²) in [7, 11) is 1.10. The average Bonchev–Trinajstić information content (AvgIpc) is 2.94. The van der Waals surface area contributed by atoms with Crippen LogP contribution in [0.3, 0.4) is 0 Å². The first-order chi connectivity index (χ1) is 20.4. The number of ether oxygens (including phenoxy) is 5. The minimum absolute atomic E-state index is 0.124. The zero-order valence-corrected chi connectivity index (χ0v) is 25.9. The number of aliphatic hydroxyl groups is 3. The maximum Gasteiger partial charge on any atom is 0.508 e. The number of methoxy groups -OCH3 is 1. The molecule has 3 fully saturated rings. The van der Waals surface area contributed by atoms with Gasteiger partial charge in [-0.1, -0.05) is 39.0 Å². The fourth-order valence-corrected chi connectivity index (χ4v) is 8.06. The minimum Gasteiger partial charge on any atom is -0.455 e. The molecule has 0 aromatic heterocycles. The van der Waals surface area contributed by atoms with Gasteiger partial charge in [0.15, 0.2) is 11.4 Å². The molecule has 0 spiro atoms. The monoisotopic (exact) mass is 616 g/mol.